The molecule has 2 aromatic rings. The number of hydrogen-bond donors (Lipinski definition) is 1. The minimum absolute atomic E-state index is 0.112. The first kappa shape index (κ1) is 22.3. The van der Waals surface area contributed by atoms with Crippen molar-refractivity contribution in [3.8, 4) is 11.8 Å². The third kappa shape index (κ3) is 4.96. The van der Waals surface area contributed by atoms with E-state index < -0.39 is 0 Å². The molecule has 1 saturated heterocycles. The number of nitrogens with zero attached hydrogens (tertiary/aromatic N) is 7. The normalized spacial score (nSPS) is 17.7. The zero-order valence-corrected chi connectivity index (χ0v) is 19.4. The smallest absolute Gasteiger partial charge is 0.319 e. The predicted molar refractivity (Wildman–Crippen MR) is 125 cm³/mol. The van der Waals surface area contributed by atoms with E-state index in [-0.39, 0.29) is 6.03 Å². The maximum atomic E-state index is 12.5. The number of hydrogen-bond acceptors (Lipinski definition) is 6. The lowest BCUT2D eigenvalue weighted by atomic mass is 10.2. The standard InChI is InChI=1S/C23H34N8O/c1-17(2)15-28(3)23(32)30-13-11-29(12-14-30)10-6-9-19-26-21(24)20-22(27-19)31(16-25-20)18-7-4-5-8-18/h16-18H,4-5,7-8,10-15H2,1-3H3,(H2,24,26,27). The Kier molecular flexibility index (Phi) is 6.80. The summed E-state index contributed by atoms with van der Waals surface area (Å²) < 4.78 is 2.14. The van der Waals surface area contributed by atoms with Crippen LogP contribution < -0.4 is 5.73 Å². The minimum atomic E-state index is 0.112. The number of fused-ring (bicyclic) bond motifs is 1. The number of imidazole rings is 1. The van der Waals surface area contributed by atoms with E-state index in [1.807, 2.05) is 23.2 Å². The molecule has 9 heteroatoms. The van der Waals surface area contributed by atoms with Crippen LogP contribution in [0, 0.1) is 17.8 Å². The second kappa shape index (κ2) is 9.74. The van der Waals surface area contributed by atoms with Crippen molar-refractivity contribution in [2.45, 2.75) is 45.6 Å². The molecule has 2 fully saturated rings. The number of piperazine rings is 1. The molecule has 3 heterocycles. The molecule has 1 aliphatic carbocycles. The second-order valence-electron chi connectivity index (χ2n) is 9.32. The Morgan fingerprint density at radius 1 is 1.22 bits per heavy atom. The average molecular weight is 439 g/mol. The molecule has 0 aromatic carbocycles. The number of anilines is 1. The van der Waals surface area contributed by atoms with E-state index in [0.29, 0.717) is 35.7 Å². The van der Waals surface area contributed by atoms with Gasteiger partial charge in [0.05, 0.1) is 12.9 Å². The molecule has 2 aromatic heterocycles. The Balaban J connectivity index is 1.36. The van der Waals surface area contributed by atoms with Gasteiger partial charge in [0.1, 0.15) is 5.52 Å². The number of urea groups is 1. The van der Waals surface area contributed by atoms with Gasteiger partial charge in [0.2, 0.25) is 5.82 Å². The SMILES string of the molecule is CC(C)CN(C)C(=O)N1CCN(CC#Cc2nc(N)c3ncn(C4CCCC4)c3n2)CC1. The van der Waals surface area contributed by atoms with Gasteiger partial charge in [0.15, 0.2) is 11.5 Å². The topological polar surface area (TPSA) is 96.4 Å². The molecule has 2 aliphatic rings. The largest absolute Gasteiger partial charge is 0.382 e. The first-order chi connectivity index (χ1) is 15.4. The van der Waals surface area contributed by atoms with E-state index in [4.69, 9.17) is 5.73 Å². The lowest BCUT2D eigenvalue weighted by Crippen LogP contribution is -2.52. The van der Waals surface area contributed by atoms with E-state index in [1.54, 1.807) is 0 Å². The van der Waals surface area contributed by atoms with E-state index >= 15 is 0 Å². The van der Waals surface area contributed by atoms with Gasteiger partial charge in [0, 0.05) is 45.8 Å². The molecule has 1 saturated carbocycles. The molecule has 2 amide bonds. The fourth-order valence-corrected chi connectivity index (χ4v) is 4.64. The number of nitrogen functional groups attached to an aromatic ring is 1. The van der Waals surface area contributed by atoms with Crippen LogP contribution in [-0.2, 0) is 0 Å². The average Bonchev–Trinajstić information content (AvgIpc) is 3.43. The van der Waals surface area contributed by atoms with Crippen LogP contribution in [-0.4, -0.2) is 86.6 Å². The van der Waals surface area contributed by atoms with E-state index in [2.05, 4.69) is 50.1 Å². The van der Waals surface area contributed by atoms with Crippen molar-refractivity contribution in [2.24, 2.45) is 5.92 Å². The van der Waals surface area contributed by atoms with Gasteiger partial charge < -0.3 is 20.1 Å². The maximum Gasteiger partial charge on any atom is 0.319 e. The van der Waals surface area contributed by atoms with E-state index in [1.165, 1.54) is 12.8 Å². The number of carbonyl (C=O) groups excluding carboxylic acids is 1. The molecule has 9 nitrogen and oxygen atoms in total. The molecule has 0 bridgehead atoms. The summed E-state index contributed by atoms with van der Waals surface area (Å²) >= 11 is 0. The summed E-state index contributed by atoms with van der Waals surface area (Å²) in [6.45, 7) is 8.71. The molecule has 1 aliphatic heterocycles. The third-order valence-corrected chi connectivity index (χ3v) is 6.28. The molecule has 172 valence electrons. The highest BCUT2D eigenvalue weighted by Crippen LogP contribution is 2.32. The summed E-state index contributed by atoms with van der Waals surface area (Å²) in [5.74, 6) is 7.56. The van der Waals surface area contributed by atoms with Crippen LogP contribution in [0.3, 0.4) is 0 Å². The number of aromatic nitrogens is 4. The Hall–Kier alpha value is -2.86. The molecular weight excluding hydrogens is 404 g/mol. The Morgan fingerprint density at radius 2 is 1.94 bits per heavy atom. The highest BCUT2D eigenvalue weighted by Gasteiger charge is 2.24. The second-order valence-corrected chi connectivity index (χ2v) is 9.32. The Bertz CT molecular complexity index is 1010. The van der Waals surface area contributed by atoms with Crippen LogP contribution in [0.2, 0.25) is 0 Å². The summed E-state index contributed by atoms with van der Waals surface area (Å²) in [5.41, 5.74) is 7.58. The van der Waals surface area contributed by atoms with Gasteiger partial charge in [-0.3, -0.25) is 4.90 Å². The summed E-state index contributed by atoms with van der Waals surface area (Å²) in [5, 5.41) is 0. The third-order valence-electron chi connectivity index (χ3n) is 6.28. The first-order valence-electron chi connectivity index (χ1n) is 11.6. The highest BCUT2D eigenvalue weighted by molar-refractivity contribution is 5.82. The molecule has 2 N–H and O–H groups in total. The van der Waals surface area contributed by atoms with Crippen LogP contribution in [0.15, 0.2) is 6.33 Å². The summed E-state index contributed by atoms with van der Waals surface area (Å²) in [6.07, 6.45) is 6.62. The fraction of sp³-hybridized carbons (Fsp3) is 0.652. The van der Waals surface area contributed by atoms with Crippen molar-refractivity contribution in [2.75, 3.05) is 52.0 Å². The van der Waals surface area contributed by atoms with Gasteiger partial charge in [-0.25, -0.2) is 19.7 Å². The number of amides is 2. The molecule has 4 rings (SSSR count). The van der Waals surface area contributed by atoms with Gasteiger partial charge >= 0.3 is 6.03 Å². The minimum Gasteiger partial charge on any atom is -0.382 e. The molecular formula is C23H34N8O. The van der Waals surface area contributed by atoms with Gasteiger partial charge in [-0.1, -0.05) is 32.6 Å². The fourth-order valence-electron chi connectivity index (χ4n) is 4.64. The predicted octanol–water partition coefficient (Wildman–Crippen LogP) is 2.20. The van der Waals surface area contributed by atoms with Gasteiger partial charge in [-0.15, -0.1) is 0 Å². The molecule has 32 heavy (non-hydrogen) atoms. The summed E-state index contributed by atoms with van der Waals surface area (Å²) in [7, 11) is 1.88. The zero-order chi connectivity index (χ0) is 22.7. The van der Waals surface area contributed by atoms with Crippen LogP contribution in [0.1, 0.15) is 51.4 Å². The van der Waals surface area contributed by atoms with Crippen LogP contribution in [0.25, 0.3) is 11.2 Å². The lowest BCUT2D eigenvalue weighted by Gasteiger charge is -2.36. The summed E-state index contributed by atoms with van der Waals surface area (Å²) in [4.78, 5) is 32.0. The molecule has 0 spiro atoms. The Labute approximate surface area is 190 Å². The summed E-state index contributed by atoms with van der Waals surface area (Å²) in [6, 6.07) is 0.550. The quantitative estimate of drug-likeness (QED) is 0.735. The monoisotopic (exact) mass is 438 g/mol. The van der Waals surface area contributed by atoms with Crippen molar-refractivity contribution >= 4 is 23.0 Å². The Morgan fingerprint density at radius 3 is 2.62 bits per heavy atom. The van der Waals surface area contributed by atoms with E-state index in [9.17, 15) is 4.79 Å². The molecule has 0 atom stereocenters. The van der Waals surface area contributed by atoms with Crippen LogP contribution in [0.4, 0.5) is 10.6 Å². The van der Waals surface area contributed by atoms with Gasteiger partial charge in [-0.2, -0.15) is 0 Å². The zero-order valence-electron chi connectivity index (χ0n) is 19.4. The molecule has 0 radical (unpaired) electrons. The van der Waals surface area contributed by atoms with Gasteiger partial charge in [-0.05, 0) is 24.7 Å². The van der Waals surface area contributed by atoms with Gasteiger partial charge in [0.25, 0.3) is 0 Å². The number of carbonyl (C=O) groups is 1. The number of nitrogens with two attached hydrogens (primary N) is 1. The van der Waals surface area contributed by atoms with E-state index in [0.717, 1.165) is 51.2 Å². The van der Waals surface area contributed by atoms with Crippen molar-refractivity contribution in [1.29, 1.82) is 0 Å². The van der Waals surface area contributed by atoms with Crippen molar-refractivity contribution in [3.05, 3.63) is 12.2 Å². The molecule has 0 unspecified atom stereocenters. The van der Waals surface area contributed by atoms with Crippen molar-refractivity contribution in [1.82, 2.24) is 34.2 Å². The van der Waals surface area contributed by atoms with Crippen LogP contribution >= 0.6 is 0 Å². The maximum absolute atomic E-state index is 12.5. The van der Waals surface area contributed by atoms with Crippen LogP contribution in [0.5, 0.6) is 0 Å². The van der Waals surface area contributed by atoms with Crippen molar-refractivity contribution < 1.29 is 4.79 Å². The number of rotatable bonds is 4. The lowest BCUT2D eigenvalue weighted by molar-refractivity contribution is 0.122. The van der Waals surface area contributed by atoms with Crippen molar-refractivity contribution in [3.63, 3.8) is 0 Å². The highest BCUT2D eigenvalue weighted by atomic mass is 16.2. The first-order valence-corrected chi connectivity index (χ1v) is 11.6.